The van der Waals surface area contributed by atoms with Gasteiger partial charge in [-0.15, -0.1) is 10.2 Å². The van der Waals surface area contributed by atoms with E-state index in [0.717, 1.165) is 42.8 Å². The molecule has 0 bridgehead atoms. The van der Waals surface area contributed by atoms with Crippen LogP contribution < -0.4 is 5.32 Å². The number of halogens is 2. The molecule has 0 aliphatic heterocycles. The molecule has 0 aliphatic carbocycles. The lowest BCUT2D eigenvalue weighted by atomic mass is 10.2. The van der Waals surface area contributed by atoms with Gasteiger partial charge < -0.3 is 0 Å². The zero-order valence-corrected chi connectivity index (χ0v) is 12.3. The van der Waals surface area contributed by atoms with E-state index in [1.807, 2.05) is 0 Å². The standard InChI is InChI=1S/C14H15F2N3OS/c1-2-3-4-8-11-18-19-14(21-11)17-13(20)12-9(15)6-5-7-10(12)16/h5-7H,2-4,8H2,1H3,(H,17,19,20). The Morgan fingerprint density at radius 3 is 2.62 bits per heavy atom. The van der Waals surface area contributed by atoms with E-state index in [-0.39, 0.29) is 5.13 Å². The van der Waals surface area contributed by atoms with Crippen LogP contribution in [0.5, 0.6) is 0 Å². The maximum atomic E-state index is 13.5. The molecule has 7 heteroatoms. The summed E-state index contributed by atoms with van der Waals surface area (Å²) in [6, 6.07) is 3.28. The predicted molar refractivity (Wildman–Crippen MR) is 77.4 cm³/mol. The molecule has 1 heterocycles. The first-order chi connectivity index (χ1) is 10.1. The second-order valence-corrected chi connectivity index (χ2v) is 5.57. The number of unbranched alkanes of at least 4 members (excludes halogenated alkanes) is 2. The number of amides is 1. The molecule has 4 nitrogen and oxygen atoms in total. The third-order valence-corrected chi connectivity index (χ3v) is 3.77. The molecule has 0 radical (unpaired) electrons. The number of nitrogens with zero attached hydrogens (tertiary/aromatic N) is 2. The number of hydrogen-bond acceptors (Lipinski definition) is 4. The van der Waals surface area contributed by atoms with Crippen molar-refractivity contribution in [2.24, 2.45) is 0 Å². The van der Waals surface area contributed by atoms with Gasteiger partial charge in [0.1, 0.15) is 22.2 Å². The fraction of sp³-hybridized carbons (Fsp3) is 0.357. The number of carbonyl (C=O) groups excluding carboxylic acids is 1. The van der Waals surface area contributed by atoms with Crippen LogP contribution in [-0.4, -0.2) is 16.1 Å². The topological polar surface area (TPSA) is 54.9 Å². The predicted octanol–water partition coefficient (Wildman–Crippen LogP) is 3.80. The van der Waals surface area contributed by atoms with Gasteiger partial charge in [-0.05, 0) is 18.6 Å². The molecule has 0 unspecified atom stereocenters. The fourth-order valence-corrected chi connectivity index (χ4v) is 2.58. The minimum atomic E-state index is -0.903. The van der Waals surface area contributed by atoms with Crippen LogP contribution in [0.25, 0.3) is 0 Å². The maximum absolute atomic E-state index is 13.5. The van der Waals surface area contributed by atoms with Gasteiger partial charge in [0, 0.05) is 6.42 Å². The Balaban J connectivity index is 2.03. The lowest BCUT2D eigenvalue weighted by Crippen LogP contribution is -2.15. The summed E-state index contributed by atoms with van der Waals surface area (Å²) < 4.78 is 27.0. The number of rotatable bonds is 6. The highest BCUT2D eigenvalue weighted by atomic mass is 32.1. The summed E-state index contributed by atoms with van der Waals surface area (Å²) in [5.74, 6) is -2.66. The van der Waals surface area contributed by atoms with Crippen LogP contribution in [0.15, 0.2) is 18.2 Å². The number of carbonyl (C=O) groups is 1. The van der Waals surface area contributed by atoms with Gasteiger partial charge in [-0.3, -0.25) is 10.1 Å². The van der Waals surface area contributed by atoms with Crippen LogP contribution in [-0.2, 0) is 6.42 Å². The molecular formula is C14H15F2N3OS. The van der Waals surface area contributed by atoms with Crippen molar-refractivity contribution in [2.75, 3.05) is 5.32 Å². The quantitative estimate of drug-likeness (QED) is 0.826. The van der Waals surface area contributed by atoms with Gasteiger partial charge in [0.05, 0.1) is 0 Å². The molecule has 112 valence electrons. The summed E-state index contributed by atoms with van der Waals surface area (Å²) in [6.07, 6.45) is 3.99. The van der Waals surface area contributed by atoms with E-state index < -0.39 is 23.1 Å². The highest BCUT2D eigenvalue weighted by molar-refractivity contribution is 7.15. The summed E-state index contributed by atoms with van der Waals surface area (Å²) in [5.41, 5.74) is -0.611. The van der Waals surface area contributed by atoms with Crippen LogP contribution in [0.4, 0.5) is 13.9 Å². The van der Waals surface area contributed by atoms with E-state index in [4.69, 9.17) is 0 Å². The Bertz CT molecular complexity index is 610. The minimum absolute atomic E-state index is 0.245. The first-order valence-electron chi connectivity index (χ1n) is 6.69. The minimum Gasteiger partial charge on any atom is -0.296 e. The Morgan fingerprint density at radius 2 is 1.95 bits per heavy atom. The Labute approximate surface area is 125 Å². The van der Waals surface area contributed by atoms with E-state index >= 15 is 0 Å². The molecule has 0 aliphatic rings. The number of aromatic nitrogens is 2. The second kappa shape index (κ2) is 7.21. The van der Waals surface area contributed by atoms with Crippen molar-refractivity contribution in [3.05, 3.63) is 40.4 Å². The summed E-state index contributed by atoms with van der Waals surface area (Å²) in [4.78, 5) is 11.9. The molecule has 2 rings (SSSR count). The summed E-state index contributed by atoms with van der Waals surface area (Å²) in [7, 11) is 0. The number of nitrogens with one attached hydrogen (secondary N) is 1. The molecule has 0 spiro atoms. The van der Waals surface area contributed by atoms with Gasteiger partial charge >= 0.3 is 0 Å². The third-order valence-electron chi connectivity index (χ3n) is 2.87. The molecule has 2 aromatic rings. The molecule has 1 N–H and O–H groups in total. The van der Waals surface area contributed by atoms with Crippen molar-refractivity contribution in [1.29, 1.82) is 0 Å². The Kier molecular flexibility index (Phi) is 5.32. The lowest BCUT2D eigenvalue weighted by Gasteiger charge is -2.03. The normalized spacial score (nSPS) is 10.6. The molecule has 0 saturated carbocycles. The largest absolute Gasteiger partial charge is 0.296 e. The zero-order chi connectivity index (χ0) is 15.2. The maximum Gasteiger partial charge on any atom is 0.263 e. The molecule has 1 aromatic carbocycles. The molecule has 21 heavy (non-hydrogen) atoms. The van der Waals surface area contributed by atoms with E-state index in [0.29, 0.717) is 0 Å². The molecule has 0 saturated heterocycles. The van der Waals surface area contributed by atoms with Crippen molar-refractivity contribution < 1.29 is 13.6 Å². The molecule has 0 fully saturated rings. The first-order valence-corrected chi connectivity index (χ1v) is 7.51. The lowest BCUT2D eigenvalue weighted by molar-refractivity contribution is 0.101. The number of benzene rings is 1. The third kappa shape index (κ3) is 4.04. The highest BCUT2D eigenvalue weighted by Crippen LogP contribution is 2.20. The average Bonchev–Trinajstić information content (AvgIpc) is 2.86. The number of aryl methyl sites for hydroxylation is 1. The fourth-order valence-electron chi connectivity index (χ4n) is 1.81. The van der Waals surface area contributed by atoms with Gasteiger partial charge in [-0.25, -0.2) is 8.78 Å². The molecule has 0 atom stereocenters. The second-order valence-electron chi connectivity index (χ2n) is 4.51. The summed E-state index contributed by atoms with van der Waals surface area (Å²) >= 11 is 1.22. The summed E-state index contributed by atoms with van der Waals surface area (Å²) in [5, 5.41) is 11.2. The van der Waals surface area contributed by atoms with Gasteiger partial charge in [0.2, 0.25) is 5.13 Å². The van der Waals surface area contributed by atoms with Crippen LogP contribution >= 0.6 is 11.3 Å². The SMILES string of the molecule is CCCCCc1nnc(NC(=O)c2c(F)cccc2F)s1. The van der Waals surface area contributed by atoms with Crippen molar-refractivity contribution in [2.45, 2.75) is 32.6 Å². The van der Waals surface area contributed by atoms with E-state index in [1.54, 1.807) is 0 Å². The molecular weight excluding hydrogens is 296 g/mol. The van der Waals surface area contributed by atoms with Crippen LogP contribution in [0.2, 0.25) is 0 Å². The van der Waals surface area contributed by atoms with E-state index in [1.165, 1.54) is 17.4 Å². The van der Waals surface area contributed by atoms with Crippen molar-refractivity contribution >= 4 is 22.4 Å². The van der Waals surface area contributed by atoms with E-state index in [9.17, 15) is 13.6 Å². The Morgan fingerprint density at radius 1 is 1.24 bits per heavy atom. The van der Waals surface area contributed by atoms with Gasteiger partial charge in [-0.2, -0.15) is 0 Å². The highest BCUT2D eigenvalue weighted by Gasteiger charge is 2.18. The zero-order valence-electron chi connectivity index (χ0n) is 11.5. The Hall–Kier alpha value is -1.89. The van der Waals surface area contributed by atoms with Crippen molar-refractivity contribution in [3.8, 4) is 0 Å². The van der Waals surface area contributed by atoms with Crippen molar-refractivity contribution in [1.82, 2.24) is 10.2 Å². The average molecular weight is 311 g/mol. The van der Waals surface area contributed by atoms with Gasteiger partial charge in [0.25, 0.3) is 5.91 Å². The van der Waals surface area contributed by atoms with Crippen LogP contribution in [0.3, 0.4) is 0 Å². The first kappa shape index (κ1) is 15.5. The number of anilines is 1. The summed E-state index contributed by atoms with van der Waals surface area (Å²) in [6.45, 7) is 2.11. The molecule has 1 aromatic heterocycles. The van der Waals surface area contributed by atoms with Gasteiger partial charge in [-0.1, -0.05) is 37.2 Å². The van der Waals surface area contributed by atoms with E-state index in [2.05, 4.69) is 22.4 Å². The monoisotopic (exact) mass is 311 g/mol. The van der Waals surface area contributed by atoms with Crippen LogP contribution in [0, 0.1) is 11.6 Å². The van der Waals surface area contributed by atoms with Crippen molar-refractivity contribution in [3.63, 3.8) is 0 Å². The number of hydrogen-bond donors (Lipinski definition) is 1. The molecule has 1 amide bonds. The van der Waals surface area contributed by atoms with Gasteiger partial charge in [0.15, 0.2) is 0 Å². The smallest absolute Gasteiger partial charge is 0.263 e. The van der Waals surface area contributed by atoms with Crippen LogP contribution in [0.1, 0.15) is 41.6 Å².